The first-order valence-electron chi connectivity index (χ1n) is 10.5. The van der Waals surface area contributed by atoms with E-state index in [0.29, 0.717) is 17.2 Å². The van der Waals surface area contributed by atoms with E-state index in [2.05, 4.69) is 0 Å². The minimum Gasteiger partial charge on any atom is -0.493 e. The lowest BCUT2D eigenvalue weighted by Gasteiger charge is -2.27. The normalized spacial score (nSPS) is 11.1. The Morgan fingerprint density at radius 2 is 1.53 bits per heavy atom. The predicted molar refractivity (Wildman–Crippen MR) is 128 cm³/mol. The topological polar surface area (TPSA) is 76.2 Å². The Kier molecular flexibility index (Phi) is 7.78. The lowest BCUT2D eigenvalue weighted by atomic mass is 10.2. The van der Waals surface area contributed by atoms with Crippen LogP contribution in [0.3, 0.4) is 0 Å². The number of halogens is 1. The van der Waals surface area contributed by atoms with Gasteiger partial charge in [-0.05, 0) is 61.0 Å². The minimum atomic E-state index is -4.12. The number of hydrogen-bond donors (Lipinski definition) is 0. The van der Waals surface area contributed by atoms with E-state index in [4.69, 9.17) is 9.47 Å². The third-order valence-corrected chi connectivity index (χ3v) is 7.08. The Balaban J connectivity index is 1.88. The number of aryl methyl sites for hydroxylation is 1. The van der Waals surface area contributed by atoms with E-state index in [-0.39, 0.29) is 11.4 Å². The number of amides is 1. The number of ether oxygens (including phenoxy) is 2. The number of hydrogen-bond acceptors (Lipinski definition) is 5. The van der Waals surface area contributed by atoms with Crippen LogP contribution in [-0.4, -0.2) is 47.0 Å². The molecule has 7 nitrogen and oxygen atoms in total. The molecule has 0 bridgehead atoms. The number of anilines is 1. The maximum atomic E-state index is 13.4. The summed E-state index contributed by atoms with van der Waals surface area (Å²) >= 11 is 0. The summed E-state index contributed by atoms with van der Waals surface area (Å²) in [6, 6.07) is 16.6. The predicted octanol–water partition coefficient (Wildman–Crippen LogP) is 4.01. The molecule has 0 fully saturated rings. The van der Waals surface area contributed by atoms with Gasteiger partial charge < -0.3 is 14.4 Å². The number of likely N-dealkylation sites (N-methyl/N-ethyl adjacent to an activating group) is 1. The van der Waals surface area contributed by atoms with Crippen molar-refractivity contribution in [2.45, 2.75) is 18.4 Å². The zero-order valence-electron chi connectivity index (χ0n) is 19.5. The molecule has 0 radical (unpaired) electrons. The van der Waals surface area contributed by atoms with Crippen molar-refractivity contribution in [2.75, 3.05) is 32.1 Å². The molecule has 0 heterocycles. The van der Waals surface area contributed by atoms with E-state index in [9.17, 15) is 17.6 Å². The Morgan fingerprint density at radius 3 is 2.12 bits per heavy atom. The lowest BCUT2D eigenvalue weighted by molar-refractivity contribution is -0.128. The van der Waals surface area contributed by atoms with Crippen molar-refractivity contribution in [3.8, 4) is 11.5 Å². The molecule has 0 saturated carbocycles. The second-order valence-electron chi connectivity index (χ2n) is 7.74. The standard InChI is InChI=1S/C25H27FN2O5S/c1-18-5-10-21(11-6-18)28(34(30,31)22-12-8-20(26)9-13-22)17-25(29)27(2)16-19-7-14-23(32-3)24(15-19)33-4/h5-15H,16-17H2,1-4H3. The second-order valence-corrected chi connectivity index (χ2v) is 9.60. The third kappa shape index (κ3) is 5.66. The highest BCUT2D eigenvalue weighted by molar-refractivity contribution is 7.92. The van der Waals surface area contributed by atoms with Crippen molar-refractivity contribution in [3.05, 3.63) is 83.7 Å². The highest BCUT2D eigenvalue weighted by Crippen LogP contribution is 2.28. The van der Waals surface area contributed by atoms with E-state index in [1.807, 2.05) is 6.92 Å². The fourth-order valence-electron chi connectivity index (χ4n) is 3.34. The van der Waals surface area contributed by atoms with Crippen LogP contribution >= 0.6 is 0 Å². The van der Waals surface area contributed by atoms with Gasteiger partial charge in [0.05, 0.1) is 24.8 Å². The number of nitrogens with zero attached hydrogens (tertiary/aromatic N) is 2. The van der Waals surface area contributed by atoms with Gasteiger partial charge >= 0.3 is 0 Å². The van der Waals surface area contributed by atoms with Gasteiger partial charge in [0.2, 0.25) is 5.91 Å². The molecule has 180 valence electrons. The van der Waals surface area contributed by atoms with Gasteiger partial charge in [-0.25, -0.2) is 12.8 Å². The number of sulfonamides is 1. The molecule has 34 heavy (non-hydrogen) atoms. The molecule has 0 saturated heterocycles. The first kappa shape index (κ1) is 25.0. The van der Waals surface area contributed by atoms with E-state index in [1.165, 1.54) is 31.3 Å². The van der Waals surface area contributed by atoms with E-state index < -0.39 is 28.3 Å². The van der Waals surface area contributed by atoms with Crippen LogP contribution in [0.1, 0.15) is 11.1 Å². The van der Waals surface area contributed by atoms with Crippen molar-refractivity contribution >= 4 is 21.6 Å². The molecular weight excluding hydrogens is 459 g/mol. The molecule has 0 aliphatic heterocycles. The van der Waals surface area contributed by atoms with E-state index in [0.717, 1.165) is 27.6 Å². The van der Waals surface area contributed by atoms with Gasteiger partial charge in [0.25, 0.3) is 10.0 Å². The molecular formula is C25H27FN2O5S. The van der Waals surface area contributed by atoms with Gasteiger partial charge in [-0.2, -0.15) is 0 Å². The lowest BCUT2D eigenvalue weighted by Crippen LogP contribution is -2.41. The largest absolute Gasteiger partial charge is 0.493 e. The average molecular weight is 487 g/mol. The van der Waals surface area contributed by atoms with Gasteiger partial charge in [0.1, 0.15) is 12.4 Å². The summed E-state index contributed by atoms with van der Waals surface area (Å²) in [6.07, 6.45) is 0. The molecule has 3 aromatic carbocycles. The molecule has 0 N–H and O–H groups in total. The van der Waals surface area contributed by atoms with Crippen LogP contribution in [0.15, 0.2) is 71.6 Å². The first-order chi connectivity index (χ1) is 16.1. The summed E-state index contributed by atoms with van der Waals surface area (Å²) < 4.78 is 51.8. The molecule has 0 aliphatic carbocycles. The summed E-state index contributed by atoms with van der Waals surface area (Å²) in [5.41, 5.74) is 2.07. The smallest absolute Gasteiger partial charge is 0.264 e. The van der Waals surface area contributed by atoms with E-state index in [1.54, 1.807) is 49.5 Å². The van der Waals surface area contributed by atoms with Crippen LogP contribution in [0, 0.1) is 12.7 Å². The third-order valence-electron chi connectivity index (χ3n) is 5.30. The van der Waals surface area contributed by atoms with Crippen molar-refractivity contribution in [2.24, 2.45) is 0 Å². The first-order valence-corrected chi connectivity index (χ1v) is 11.9. The molecule has 0 aliphatic rings. The van der Waals surface area contributed by atoms with Crippen molar-refractivity contribution < 1.29 is 27.1 Å². The zero-order valence-corrected chi connectivity index (χ0v) is 20.3. The van der Waals surface area contributed by atoms with Crippen LogP contribution in [-0.2, 0) is 21.4 Å². The molecule has 0 aromatic heterocycles. The fraction of sp³-hybridized carbons (Fsp3) is 0.240. The quantitative estimate of drug-likeness (QED) is 0.457. The SMILES string of the molecule is COc1ccc(CN(C)C(=O)CN(c2ccc(C)cc2)S(=O)(=O)c2ccc(F)cc2)cc1OC. The van der Waals surface area contributed by atoms with E-state index >= 15 is 0 Å². The number of rotatable bonds is 9. The van der Waals surface area contributed by atoms with Gasteiger partial charge in [-0.3, -0.25) is 9.10 Å². The summed E-state index contributed by atoms with van der Waals surface area (Å²) in [5, 5.41) is 0. The van der Waals surface area contributed by atoms with Crippen molar-refractivity contribution in [1.82, 2.24) is 4.90 Å². The zero-order chi connectivity index (χ0) is 24.9. The number of benzene rings is 3. The summed E-state index contributed by atoms with van der Waals surface area (Å²) in [4.78, 5) is 14.4. The molecule has 1 amide bonds. The fourth-order valence-corrected chi connectivity index (χ4v) is 4.76. The van der Waals surface area contributed by atoms with Gasteiger partial charge in [-0.15, -0.1) is 0 Å². The highest BCUT2D eigenvalue weighted by atomic mass is 32.2. The van der Waals surface area contributed by atoms with Crippen LogP contribution in [0.25, 0.3) is 0 Å². The van der Waals surface area contributed by atoms with Crippen LogP contribution in [0.4, 0.5) is 10.1 Å². The average Bonchev–Trinajstić information content (AvgIpc) is 2.83. The van der Waals surface area contributed by atoms with Crippen molar-refractivity contribution in [3.63, 3.8) is 0 Å². The maximum absolute atomic E-state index is 13.4. The Hall–Kier alpha value is -3.59. The summed E-state index contributed by atoms with van der Waals surface area (Å²) in [6.45, 7) is 1.69. The minimum absolute atomic E-state index is 0.107. The Morgan fingerprint density at radius 1 is 0.912 bits per heavy atom. The monoisotopic (exact) mass is 486 g/mol. The van der Waals surface area contributed by atoms with Gasteiger partial charge in [0.15, 0.2) is 11.5 Å². The molecule has 9 heteroatoms. The van der Waals surface area contributed by atoms with Gasteiger partial charge in [0, 0.05) is 13.6 Å². The van der Waals surface area contributed by atoms with Crippen LogP contribution < -0.4 is 13.8 Å². The Bertz CT molecular complexity index is 1250. The van der Waals surface area contributed by atoms with Crippen molar-refractivity contribution in [1.29, 1.82) is 0 Å². The van der Waals surface area contributed by atoms with Gasteiger partial charge in [-0.1, -0.05) is 23.8 Å². The maximum Gasteiger partial charge on any atom is 0.264 e. The van der Waals surface area contributed by atoms with Crippen LogP contribution in [0.2, 0.25) is 0 Å². The molecule has 0 spiro atoms. The second kappa shape index (κ2) is 10.6. The number of methoxy groups -OCH3 is 2. The number of carbonyl (C=O) groups excluding carboxylic acids is 1. The number of carbonyl (C=O) groups is 1. The Labute approximate surface area is 199 Å². The molecule has 0 unspecified atom stereocenters. The van der Waals surface area contributed by atoms with Crippen LogP contribution in [0.5, 0.6) is 11.5 Å². The molecule has 3 aromatic rings. The molecule has 3 rings (SSSR count). The summed E-state index contributed by atoms with van der Waals surface area (Å²) in [7, 11) is 0.532. The summed E-state index contributed by atoms with van der Waals surface area (Å²) in [5.74, 6) is 0.129. The molecule has 0 atom stereocenters. The highest BCUT2D eigenvalue weighted by Gasteiger charge is 2.28.